The van der Waals surface area contributed by atoms with Gasteiger partial charge < -0.3 is 20.1 Å². The number of carbonyl (C=O) groups excluding carboxylic acids is 3. The van der Waals surface area contributed by atoms with Crippen molar-refractivity contribution >= 4 is 41.1 Å². The largest absolute Gasteiger partial charge is 0.493 e. The average molecular weight is 571 g/mol. The van der Waals surface area contributed by atoms with Gasteiger partial charge in [0, 0.05) is 27.3 Å². The summed E-state index contributed by atoms with van der Waals surface area (Å²) in [6.07, 6.45) is 1.28. The smallest absolute Gasteiger partial charge is 0.272 e. The van der Waals surface area contributed by atoms with Crippen molar-refractivity contribution in [3.63, 3.8) is 0 Å². The zero-order valence-electron chi connectivity index (χ0n) is 22.3. The van der Waals surface area contributed by atoms with Crippen molar-refractivity contribution in [2.45, 2.75) is 4.90 Å². The van der Waals surface area contributed by atoms with Gasteiger partial charge >= 0.3 is 0 Å². The first-order valence-corrected chi connectivity index (χ1v) is 13.5. The molecule has 4 aromatic carbocycles. The molecule has 208 valence electrons. The standard InChI is InChI=1S/C32H27FN2O5S/c1-39-29-16-15-23(18-30(29)40-2)28(36)20-41-25-13-8-12-24(19-25)34-32(38)27(17-22-11-6-7-14-26(22)33)35-31(37)21-9-4-3-5-10-21/h3-19H,20H2,1-2H3,(H,34,38)(H,35,37)/b27-17-. The summed E-state index contributed by atoms with van der Waals surface area (Å²) in [6.45, 7) is 0. The maximum atomic E-state index is 14.4. The molecule has 41 heavy (non-hydrogen) atoms. The normalized spacial score (nSPS) is 11.0. The number of ether oxygens (including phenoxy) is 2. The van der Waals surface area contributed by atoms with E-state index in [-0.39, 0.29) is 22.8 Å². The second-order valence-corrected chi connectivity index (χ2v) is 9.71. The average Bonchev–Trinajstić information content (AvgIpc) is 3.00. The zero-order chi connectivity index (χ0) is 29.2. The Hall–Kier alpha value is -4.89. The third-order valence-electron chi connectivity index (χ3n) is 5.90. The molecular weight excluding hydrogens is 543 g/mol. The van der Waals surface area contributed by atoms with Crippen molar-refractivity contribution in [1.82, 2.24) is 5.32 Å². The van der Waals surface area contributed by atoms with E-state index in [1.54, 1.807) is 72.8 Å². The van der Waals surface area contributed by atoms with Crippen LogP contribution in [0.1, 0.15) is 26.3 Å². The van der Waals surface area contributed by atoms with Gasteiger partial charge in [0.05, 0.1) is 20.0 Å². The van der Waals surface area contributed by atoms with E-state index in [0.717, 1.165) is 4.90 Å². The van der Waals surface area contributed by atoms with Crippen LogP contribution in [0.25, 0.3) is 6.08 Å². The third-order valence-corrected chi connectivity index (χ3v) is 6.90. The van der Waals surface area contributed by atoms with Gasteiger partial charge in [0.25, 0.3) is 11.8 Å². The van der Waals surface area contributed by atoms with Gasteiger partial charge in [0.1, 0.15) is 11.5 Å². The first kappa shape index (κ1) is 29.1. The lowest BCUT2D eigenvalue weighted by Crippen LogP contribution is -2.30. The van der Waals surface area contributed by atoms with Crippen molar-refractivity contribution in [2.24, 2.45) is 0 Å². The van der Waals surface area contributed by atoms with Crippen molar-refractivity contribution < 1.29 is 28.2 Å². The van der Waals surface area contributed by atoms with Gasteiger partial charge in [-0.1, -0.05) is 42.5 Å². The number of anilines is 1. The Bertz CT molecular complexity index is 1590. The number of amides is 2. The molecule has 0 aliphatic heterocycles. The summed E-state index contributed by atoms with van der Waals surface area (Å²) >= 11 is 1.30. The second-order valence-electron chi connectivity index (χ2n) is 8.66. The predicted molar refractivity (Wildman–Crippen MR) is 158 cm³/mol. The summed E-state index contributed by atoms with van der Waals surface area (Å²) in [4.78, 5) is 39.6. The van der Waals surface area contributed by atoms with Crippen molar-refractivity contribution in [2.75, 3.05) is 25.3 Å². The monoisotopic (exact) mass is 570 g/mol. The van der Waals surface area contributed by atoms with Crippen LogP contribution < -0.4 is 20.1 Å². The van der Waals surface area contributed by atoms with E-state index in [2.05, 4.69) is 10.6 Å². The Morgan fingerprint density at radius 3 is 2.27 bits per heavy atom. The van der Waals surface area contributed by atoms with Crippen LogP contribution in [0.2, 0.25) is 0 Å². The van der Waals surface area contributed by atoms with E-state index in [0.29, 0.717) is 28.3 Å². The van der Waals surface area contributed by atoms with E-state index >= 15 is 0 Å². The second kappa shape index (κ2) is 14.0. The molecule has 0 aliphatic carbocycles. The summed E-state index contributed by atoms with van der Waals surface area (Å²) in [5.41, 5.74) is 1.27. The number of methoxy groups -OCH3 is 2. The van der Waals surface area contributed by atoms with Gasteiger partial charge in [-0.3, -0.25) is 14.4 Å². The SMILES string of the molecule is COc1ccc(C(=O)CSc2cccc(NC(=O)/C(=C/c3ccccc3F)NC(=O)c3ccccc3)c2)cc1OC. The number of hydrogen-bond acceptors (Lipinski definition) is 6. The number of carbonyl (C=O) groups is 3. The first-order chi connectivity index (χ1) is 19.9. The molecule has 0 saturated carbocycles. The minimum absolute atomic E-state index is 0.107. The Kier molecular flexibility index (Phi) is 9.90. The van der Waals surface area contributed by atoms with Gasteiger partial charge in [-0.05, 0) is 60.7 Å². The number of benzene rings is 4. The molecule has 0 radical (unpaired) electrons. The van der Waals surface area contributed by atoms with Crippen LogP contribution >= 0.6 is 11.8 Å². The minimum Gasteiger partial charge on any atom is -0.493 e. The molecular formula is C32H27FN2O5S. The fraction of sp³-hybridized carbons (Fsp3) is 0.0938. The quantitative estimate of drug-likeness (QED) is 0.126. The Morgan fingerprint density at radius 1 is 0.805 bits per heavy atom. The van der Waals surface area contributed by atoms with Crippen LogP contribution in [0.4, 0.5) is 10.1 Å². The van der Waals surface area contributed by atoms with Gasteiger partial charge in [-0.15, -0.1) is 11.8 Å². The molecule has 9 heteroatoms. The van der Waals surface area contributed by atoms with Crippen LogP contribution in [0.15, 0.2) is 108 Å². The fourth-order valence-corrected chi connectivity index (χ4v) is 4.64. The number of rotatable bonds is 11. The number of ketones is 1. The first-order valence-electron chi connectivity index (χ1n) is 12.5. The molecule has 0 unspecified atom stereocenters. The molecule has 0 saturated heterocycles. The van der Waals surface area contributed by atoms with Crippen LogP contribution in [0, 0.1) is 5.82 Å². The lowest BCUT2D eigenvalue weighted by Gasteiger charge is -2.12. The topological polar surface area (TPSA) is 93.7 Å². The summed E-state index contributed by atoms with van der Waals surface area (Å²) in [7, 11) is 3.03. The maximum absolute atomic E-state index is 14.4. The van der Waals surface area contributed by atoms with Gasteiger partial charge in [0.15, 0.2) is 17.3 Å². The lowest BCUT2D eigenvalue weighted by atomic mass is 10.1. The summed E-state index contributed by atoms with van der Waals surface area (Å²) in [5, 5.41) is 5.35. The predicted octanol–water partition coefficient (Wildman–Crippen LogP) is 6.23. The van der Waals surface area contributed by atoms with Crippen LogP contribution in [-0.4, -0.2) is 37.6 Å². The molecule has 2 N–H and O–H groups in total. The van der Waals surface area contributed by atoms with E-state index < -0.39 is 17.6 Å². The molecule has 0 aromatic heterocycles. The summed E-state index contributed by atoms with van der Waals surface area (Å²) in [6, 6.07) is 26.3. The van der Waals surface area contributed by atoms with Gasteiger partial charge in [-0.25, -0.2) is 4.39 Å². The number of hydrogen-bond donors (Lipinski definition) is 2. The zero-order valence-corrected chi connectivity index (χ0v) is 23.2. The molecule has 0 bridgehead atoms. The minimum atomic E-state index is -0.638. The number of Topliss-reactive ketones (excluding diaryl/α,β-unsaturated/α-hetero) is 1. The Labute approximate surface area is 241 Å². The van der Waals surface area contributed by atoms with Gasteiger partial charge in [-0.2, -0.15) is 0 Å². The van der Waals surface area contributed by atoms with E-state index in [9.17, 15) is 18.8 Å². The van der Waals surface area contributed by atoms with Crippen molar-refractivity contribution in [3.05, 3.63) is 125 Å². The van der Waals surface area contributed by atoms with Crippen LogP contribution in [-0.2, 0) is 4.79 Å². The van der Waals surface area contributed by atoms with Crippen LogP contribution in [0.5, 0.6) is 11.5 Å². The molecule has 7 nitrogen and oxygen atoms in total. The van der Waals surface area contributed by atoms with Crippen molar-refractivity contribution in [3.8, 4) is 11.5 Å². The lowest BCUT2D eigenvalue weighted by molar-refractivity contribution is -0.113. The number of halogens is 1. The summed E-state index contributed by atoms with van der Waals surface area (Å²) < 4.78 is 24.9. The van der Waals surface area contributed by atoms with Gasteiger partial charge in [0.2, 0.25) is 0 Å². The van der Waals surface area contributed by atoms with E-state index in [1.807, 2.05) is 6.07 Å². The van der Waals surface area contributed by atoms with Crippen LogP contribution in [0.3, 0.4) is 0 Å². The van der Waals surface area contributed by atoms with E-state index in [1.165, 1.54) is 50.3 Å². The Morgan fingerprint density at radius 2 is 1.54 bits per heavy atom. The fourth-order valence-electron chi connectivity index (χ4n) is 3.79. The molecule has 0 fully saturated rings. The highest BCUT2D eigenvalue weighted by atomic mass is 32.2. The summed E-state index contributed by atoms with van der Waals surface area (Å²) in [5.74, 6) is -0.649. The van der Waals surface area contributed by atoms with Crippen molar-refractivity contribution in [1.29, 1.82) is 0 Å². The maximum Gasteiger partial charge on any atom is 0.272 e. The third kappa shape index (κ3) is 7.83. The molecule has 4 aromatic rings. The molecule has 0 aliphatic rings. The highest BCUT2D eigenvalue weighted by Gasteiger charge is 2.17. The van der Waals surface area contributed by atoms with E-state index in [4.69, 9.17) is 9.47 Å². The molecule has 0 spiro atoms. The molecule has 4 rings (SSSR count). The highest BCUT2D eigenvalue weighted by molar-refractivity contribution is 8.00. The molecule has 2 amide bonds. The Balaban J connectivity index is 1.48. The number of thioether (sulfide) groups is 1. The molecule has 0 atom stereocenters. The number of nitrogens with one attached hydrogen (secondary N) is 2. The molecule has 0 heterocycles. The highest BCUT2D eigenvalue weighted by Crippen LogP contribution is 2.29.